The van der Waals surface area contributed by atoms with Crippen molar-refractivity contribution in [3.63, 3.8) is 0 Å². The molecule has 1 heterocycles. The quantitative estimate of drug-likeness (QED) is 0.930. The van der Waals surface area contributed by atoms with Crippen molar-refractivity contribution in [2.45, 2.75) is 18.6 Å². The second-order valence-electron chi connectivity index (χ2n) is 4.53. The standard InChI is InChI=1S/C13H15ClFNO3/c14-10-3-1-9(2-4-10)5-11-8-19-12(6-15)7-16(11)13(17)18/h1-4,11-12H,5-8H2,(H,17,18)/t11-,12-/m0/s1. The molecule has 0 aliphatic carbocycles. The molecule has 104 valence electrons. The van der Waals surface area contributed by atoms with Gasteiger partial charge in [0, 0.05) is 5.02 Å². The minimum absolute atomic E-state index is 0.0735. The van der Waals surface area contributed by atoms with E-state index in [0.29, 0.717) is 11.4 Å². The highest BCUT2D eigenvalue weighted by Crippen LogP contribution is 2.18. The maximum Gasteiger partial charge on any atom is 0.407 e. The number of ether oxygens (including phenoxy) is 1. The molecule has 2 atom stereocenters. The van der Waals surface area contributed by atoms with E-state index in [-0.39, 0.29) is 19.2 Å². The summed E-state index contributed by atoms with van der Waals surface area (Å²) in [6, 6.07) is 6.93. The van der Waals surface area contributed by atoms with Gasteiger partial charge >= 0.3 is 6.09 Å². The number of halogens is 2. The summed E-state index contributed by atoms with van der Waals surface area (Å²) in [5.41, 5.74) is 0.975. The first-order chi connectivity index (χ1) is 9.10. The van der Waals surface area contributed by atoms with E-state index in [1.54, 1.807) is 12.1 Å². The number of rotatable bonds is 3. The predicted octanol–water partition coefficient (Wildman–Crippen LogP) is 2.60. The van der Waals surface area contributed by atoms with E-state index < -0.39 is 18.9 Å². The van der Waals surface area contributed by atoms with E-state index in [2.05, 4.69) is 0 Å². The van der Waals surface area contributed by atoms with Crippen LogP contribution in [0, 0.1) is 0 Å². The zero-order chi connectivity index (χ0) is 13.8. The molecule has 1 saturated heterocycles. The lowest BCUT2D eigenvalue weighted by Crippen LogP contribution is -2.53. The molecule has 0 spiro atoms. The van der Waals surface area contributed by atoms with Gasteiger partial charge in [0.15, 0.2) is 0 Å². The number of morpholine rings is 1. The molecule has 1 aliphatic rings. The fourth-order valence-electron chi connectivity index (χ4n) is 2.15. The van der Waals surface area contributed by atoms with Gasteiger partial charge in [0.25, 0.3) is 0 Å². The topological polar surface area (TPSA) is 49.8 Å². The van der Waals surface area contributed by atoms with Gasteiger partial charge in [0.05, 0.1) is 19.2 Å². The maximum absolute atomic E-state index is 12.6. The van der Waals surface area contributed by atoms with Crippen LogP contribution in [0.25, 0.3) is 0 Å². The average Bonchev–Trinajstić information content (AvgIpc) is 2.41. The third-order valence-corrected chi connectivity index (χ3v) is 3.42. The third-order valence-electron chi connectivity index (χ3n) is 3.17. The largest absolute Gasteiger partial charge is 0.465 e. The zero-order valence-electron chi connectivity index (χ0n) is 10.3. The molecule has 6 heteroatoms. The number of carboxylic acid groups (broad SMARTS) is 1. The molecule has 0 unspecified atom stereocenters. The van der Waals surface area contributed by atoms with Crippen molar-refractivity contribution >= 4 is 17.7 Å². The third kappa shape index (κ3) is 3.58. The van der Waals surface area contributed by atoms with Gasteiger partial charge in [0.1, 0.15) is 12.8 Å². The van der Waals surface area contributed by atoms with E-state index in [9.17, 15) is 14.3 Å². The van der Waals surface area contributed by atoms with Crippen LogP contribution in [0.4, 0.5) is 9.18 Å². The Balaban J connectivity index is 2.05. The van der Waals surface area contributed by atoms with Crippen LogP contribution in [-0.4, -0.2) is 48.1 Å². The van der Waals surface area contributed by atoms with Crippen LogP contribution < -0.4 is 0 Å². The van der Waals surface area contributed by atoms with Gasteiger partial charge in [-0.05, 0) is 24.1 Å². The van der Waals surface area contributed by atoms with Crippen LogP contribution in [0.15, 0.2) is 24.3 Å². The molecule has 0 saturated carbocycles. The van der Waals surface area contributed by atoms with E-state index >= 15 is 0 Å². The number of benzene rings is 1. The lowest BCUT2D eigenvalue weighted by molar-refractivity contribution is -0.0614. The van der Waals surface area contributed by atoms with Gasteiger partial charge in [-0.1, -0.05) is 23.7 Å². The van der Waals surface area contributed by atoms with Crippen molar-refractivity contribution in [2.24, 2.45) is 0 Å². The molecule has 1 aliphatic heterocycles. The van der Waals surface area contributed by atoms with Gasteiger partial charge in [-0.25, -0.2) is 9.18 Å². The second-order valence-corrected chi connectivity index (χ2v) is 4.97. The first-order valence-electron chi connectivity index (χ1n) is 6.01. The smallest absolute Gasteiger partial charge is 0.407 e. The lowest BCUT2D eigenvalue weighted by atomic mass is 10.0. The molecule has 1 N–H and O–H groups in total. The molecule has 1 amide bonds. The van der Waals surface area contributed by atoms with Crippen molar-refractivity contribution in [1.82, 2.24) is 4.90 Å². The van der Waals surface area contributed by atoms with Crippen LogP contribution in [0.2, 0.25) is 5.02 Å². The number of hydrogen-bond acceptors (Lipinski definition) is 2. The van der Waals surface area contributed by atoms with Crippen LogP contribution in [0.3, 0.4) is 0 Å². The SMILES string of the molecule is O=C(O)N1C[C@H](CF)OC[C@@H]1Cc1ccc(Cl)cc1. The summed E-state index contributed by atoms with van der Waals surface area (Å²) >= 11 is 5.80. The Morgan fingerprint density at radius 1 is 1.47 bits per heavy atom. The molecule has 1 aromatic rings. The molecular weight excluding hydrogens is 273 g/mol. The van der Waals surface area contributed by atoms with Crippen molar-refractivity contribution in [3.8, 4) is 0 Å². The predicted molar refractivity (Wildman–Crippen MR) is 69.4 cm³/mol. The summed E-state index contributed by atoms with van der Waals surface area (Å²) in [6.45, 7) is -0.384. The van der Waals surface area contributed by atoms with Gasteiger partial charge in [-0.15, -0.1) is 0 Å². The summed E-state index contributed by atoms with van der Waals surface area (Å²) in [4.78, 5) is 12.4. The van der Waals surface area contributed by atoms with Crippen molar-refractivity contribution < 1.29 is 19.0 Å². The Morgan fingerprint density at radius 3 is 2.74 bits per heavy atom. The summed E-state index contributed by atoms with van der Waals surface area (Å²) < 4.78 is 17.9. The molecule has 0 radical (unpaired) electrons. The van der Waals surface area contributed by atoms with Gasteiger partial charge in [-0.3, -0.25) is 0 Å². The lowest BCUT2D eigenvalue weighted by Gasteiger charge is -2.37. The Kier molecular flexibility index (Phi) is 4.61. The number of amides is 1. The Labute approximate surface area is 115 Å². The molecule has 1 aromatic carbocycles. The Bertz CT molecular complexity index is 440. The average molecular weight is 288 g/mol. The highest BCUT2D eigenvalue weighted by Gasteiger charge is 2.32. The van der Waals surface area contributed by atoms with Crippen LogP contribution in [0.1, 0.15) is 5.56 Å². The Morgan fingerprint density at radius 2 is 2.16 bits per heavy atom. The molecule has 2 rings (SSSR count). The molecular formula is C13H15ClFNO3. The number of nitrogens with zero attached hydrogens (tertiary/aromatic N) is 1. The minimum Gasteiger partial charge on any atom is -0.465 e. The fraction of sp³-hybridized carbons (Fsp3) is 0.462. The van der Waals surface area contributed by atoms with E-state index in [1.165, 1.54) is 4.90 Å². The highest BCUT2D eigenvalue weighted by molar-refractivity contribution is 6.30. The van der Waals surface area contributed by atoms with Gasteiger partial charge in [0.2, 0.25) is 0 Å². The molecule has 4 nitrogen and oxygen atoms in total. The summed E-state index contributed by atoms with van der Waals surface area (Å²) in [6.07, 6.45) is -1.17. The molecule has 1 fully saturated rings. The number of alkyl halides is 1. The first kappa shape index (κ1) is 14.1. The van der Waals surface area contributed by atoms with Crippen molar-refractivity contribution in [3.05, 3.63) is 34.9 Å². The number of carbonyl (C=O) groups is 1. The zero-order valence-corrected chi connectivity index (χ0v) is 11.0. The Hall–Kier alpha value is -1.33. The van der Waals surface area contributed by atoms with Crippen LogP contribution >= 0.6 is 11.6 Å². The molecule has 0 aromatic heterocycles. The summed E-state index contributed by atoms with van der Waals surface area (Å²) in [7, 11) is 0. The maximum atomic E-state index is 12.6. The molecule has 19 heavy (non-hydrogen) atoms. The van der Waals surface area contributed by atoms with E-state index in [0.717, 1.165) is 5.56 Å². The highest BCUT2D eigenvalue weighted by atomic mass is 35.5. The van der Waals surface area contributed by atoms with Gasteiger partial charge < -0.3 is 14.7 Å². The monoisotopic (exact) mass is 287 g/mol. The first-order valence-corrected chi connectivity index (χ1v) is 6.39. The van der Waals surface area contributed by atoms with E-state index in [1.807, 2.05) is 12.1 Å². The van der Waals surface area contributed by atoms with E-state index in [4.69, 9.17) is 16.3 Å². The molecule has 0 bridgehead atoms. The van der Waals surface area contributed by atoms with Crippen LogP contribution in [0.5, 0.6) is 0 Å². The summed E-state index contributed by atoms with van der Waals surface area (Å²) in [5.74, 6) is 0. The van der Waals surface area contributed by atoms with Gasteiger partial charge in [-0.2, -0.15) is 0 Å². The van der Waals surface area contributed by atoms with Crippen LogP contribution in [-0.2, 0) is 11.2 Å². The number of hydrogen-bond donors (Lipinski definition) is 1. The summed E-state index contributed by atoms with van der Waals surface area (Å²) in [5, 5.41) is 9.81. The second kappa shape index (κ2) is 6.21. The van der Waals surface area contributed by atoms with Crippen molar-refractivity contribution in [2.75, 3.05) is 19.8 Å². The van der Waals surface area contributed by atoms with Crippen molar-refractivity contribution in [1.29, 1.82) is 0 Å². The fourth-order valence-corrected chi connectivity index (χ4v) is 2.27. The minimum atomic E-state index is -1.04. The normalized spacial score (nSPS) is 23.4.